The number of thioether (sulfide) groups is 1. The predicted octanol–water partition coefficient (Wildman–Crippen LogP) is 11.1. The molecule has 1 aliphatic heterocycles. The van der Waals surface area contributed by atoms with Crippen molar-refractivity contribution in [3.8, 4) is 5.75 Å². The Balaban J connectivity index is 0.963. The summed E-state index contributed by atoms with van der Waals surface area (Å²) >= 11 is 1.78. The zero-order chi connectivity index (χ0) is 41.1. The van der Waals surface area contributed by atoms with Crippen LogP contribution < -0.4 is 4.43 Å². The molecule has 7 nitrogen and oxygen atoms in total. The van der Waals surface area contributed by atoms with Crippen LogP contribution in [0.3, 0.4) is 0 Å². The molecule has 1 heterocycles. The molecule has 4 aliphatic carbocycles. The van der Waals surface area contributed by atoms with Crippen LogP contribution in [-0.2, 0) is 25.4 Å². The van der Waals surface area contributed by atoms with Crippen molar-refractivity contribution in [3.05, 3.63) is 41.5 Å². The summed E-state index contributed by atoms with van der Waals surface area (Å²) in [6.45, 7) is 22.5. The minimum absolute atomic E-state index is 0.00268. The molecule has 0 aromatic heterocycles. The second-order valence-electron chi connectivity index (χ2n) is 20.3. The van der Waals surface area contributed by atoms with Gasteiger partial charge in [0.1, 0.15) is 5.75 Å². The number of carbonyl (C=O) groups is 2. The smallest absolute Gasteiger partial charge is 0.404 e. The number of rotatable bonds is 19. The maximum Gasteiger partial charge on any atom is 0.404 e. The summed E-state index contributed by atoms with van der Waals surface area (Å²) in [5, 5.41) is 9.54. The number of aliphatic hydroxyl groups is 1. The normalized spacial score (nSPS) is 32.2. The number of likely N-dealkylation sites (tertiary alicyclic amines) is 1. The second kappa shape index (κ2) is 18.9. The summed E-state index contributed by atoms with van der Waals surface area (Å²) in [4.78, 5) is 28.2. The number of hydrogen-bond acceptors (Lipinski definition) is 7. The molecular weight excluding hydrogens is 747 g/mol. The van der Waals surface area contributed by atoms with Gasteiger partial charge in [-0.1, -0.05) is 105 Å². The standard InChI is InChI=1S/C48H77NO6SSi/c1-32(2)11-10-12-35(7)41-19-20-42-40-18-15-37-29-39(21-23-47(37,8)43(40)22-24-48(41,42)9)56-44-30-45(51)49(46(44)52)25-26-53-27-28-54-57(33(3)4,34(5)6)55-38-16-13-36(31-50)14-17-38/h13-17,32-35,39-44,50H,10-12,18-31H2,1-9H3/t35-,39+,40+,41-,42+,43+,44?,47+,48-/m1/s1. The molecule has 1 unspecified atom stereocenters. The summed E-state index contributed by atoms with van der Waals surface area (Å²) in [7, 11) is -2.67. The van der Waals surface area contributed by atoms with Gasteiger partial charge in [-0.3, -0.25) is 14.5 Å². The lowest BCUT2D eigenvalue weighted by atomic mass is 9.47. The highest BCUT2D eigenvalue weighted by atomic mass is 32.2. The van der Waals surface area contributed by atoms with Crippen LogP contribution in [0, 0.1) is 46.3 Å². The lowest BCUT2D eigenvalue weighted by molar-refractivity contribution is -0.139. The maximum atomic E-state index is 13.6. The average Bonchev–Trinajstić information content (AvgIpc) is 3.66. The van der Waals surface area contributed by atoms with Gasteiger partial charge in [-0.05, 0) is 115 Å². The number of hydrogen-bond donors (Lipinski definition) is 1. The summed E-state index contributed by atoms with van der Waals surface area (Å²) in [5.74, 6) is 5.66. The third-order valence-corrected chi connectivity index (χ3v) is 21.7. The zero-order valence-electron chi connectivity index (χ0n) is 37.0. The Labute approximate surface area is 351 Å². The molecule has 1 saturated heterocycles. The van der Waals surface area contributed by atoms with Crippen molar-refractivity contribution in [2.45, 2.75) is 168 Å². The van der Waals surface area contributed by atoms with Gasteiger partial charge in [0.2, 0.25) is 11.8 Å². The van der Waals surface area contributed by atoms with Gasteiger partial charge in [0.15, 0.2) is 0 Å². The number of aliphatic hydroxyl groups excluding tert-OH is 1. The van der Waals surface area contributed by atoms with Gasteiger partial charge in [0, 0.05) is 22.8 Å². The van der Waals surface area contributed by atoms with Crippen LogP contribution in [0.15, 0.2) is 35.9 Å². The Morgan fingerprint density at radius 1 is 0.877 bits per heavy atom. The number of allylic oxidation sites excluding steroid dienone is 2. The summed E-state index contributed by atoms with van der Waals surface area (Å²) in [6.07, 6.45) is 17.4. The van der Waals surface area contributed by atoms with Gasteiger partial charge in [-0.25, -0.2) is 0 Å². The molecule has 1 aromatic rings. The van der Waals surface area contributed by atoms with Crippen molar-refractivity contribution in [1.82, 2.24) is 4.90 Å². The Morgan fingerprint density at radius 3 is 2.30 bits per heavy atom. The third kappa shape index (κ3) is 9.48. The molecule has 1 aromatic carbocycles. The highest BCUT2D eigenvalue weighted by Crippen LogP contribution is 2.67. The molecular formula is C48H77NO6SSi. The number of imide groups is 1. The second-order valence-corrected chi connectivity index (χ2v) is 26.0. The van der Waals surface area contributed by atoms with E-state index in [0.717, 1.165) is 59.7 Å². The molecule has 9 heteroatoms. The van der Waals surface area contributed by atoms with E-state index in [1.54, 1.807) is 17.3 Å². The van der Waals surface area contributed by atoms with Crippen LogP contribution in [0.5, 0.6) is 5.75 Å². The van der Waals surface area contributed by atoms with Crippen LogP contribution in [0.1, 0.15) is 145 Å². The first-order valence-electron chi connectivity index (χ1n) is 22.9. The molecule has 57 heavy (non-hydrogen) atoms. The number of benzene rings is 1. The average molecular weight is 824 g/mol. The number of ether oxygens (including phenoxy) is 1. The van der Waals surface area contributed by atoms with Crippen LogP contribution in [0.4, 0.5) is 0 Å². The Bertz CT molecular complexity index is 1540. The molecule has 3 saturated carbocycles. The van der Waals surface area contributed by atoms with Crippen molar-refractivity contribution in [2.75, 3.05) is 26.4 Å². The van der Waals surface area contributed by atoms with Crippen molar-refractivity contribution >= 4 is 32.1 Å². The Morgan fingerprint density at radius 2 is 1.61 bits per heavy atom. The van der Waals surface area contributed by atoms with E-state index < -0.39 is 8.56 Å². The number of nitrogens with zero attached hydrogens (tertiary/aromatic N) is 1. The van der Waals surface area contributed by atoms with E-state index in [0.29, 0.717) is 36.9 Å². The molecule has 0 bridgehead atoms. The van der Waals surface area contributed by atoms with Gasteiger partial charge in [-0.2, -0.15) is 0 Å². The fraction of sp³-hybridized carbons (Fsp3) is 0.792. The number of carbonyl (C=O) groups excluding carboxylic acids is 2. The molecule has 5 aliphatic rings. The molecule has 4 fully saturated rings. The van der Waals surface area contributed by atoms with E-state index in [1.807, 2.05) is 24.3 Å². The minimum Gasteiger partial charge on any atom is -0.520 e. The lowest BCUT2D eigenvalue weighted by Crippen LogP contribution is -2.51. The number of fused-ring (bicyclic) bond motifs is 5. The van der Waals surface area contributed by atoms with E-state index in [4.69, 9.17) is 13.6 Å². The molecule has 1 N–H and O–H groups in total. The van der Waals surface area contributed by atoms with E-state index >= 15 is 0 Å². The van der Waals surface area contributed by atoms with Crippen LogP contribution in [0.25, 0.3) is 0 Å². The van der Waals surface area contributed by atoms with E-state index in [1.165, 1.54) is 62.7 Å². The van der Waals surface area contributed by atoms with Gasteiger partial charge < -0.3 is 18.7 Å². The van der Waals surface area contributed by atoms with E-state index in [-0.39, 0.29) is 46.7 Å². The molecule has 2 amide bonds. The monoisotopic (exact) mass is 824 g/mol. The van der Waals surface area contributed by atoms with Crippen molar-refractivity contribution in [2.24, 2.45) is 46.3 Å². The molecule has 0 spiro atoms. The molecule has 320 valence electrons. The number of amides is 2. The van der Waals surface area contributed by atoms with Gasteiger partial charge in [-0.15, -0.1) is 11.8 Å². The minimum atomic E-state index is -2.67. The quantitative estimate of drug-likeness (QED) is 0.0644. The molecule has 0 radical (unpaired) electrons. The highest BCUT2D eigenvalue weighted by molar-refractivity contribution is 8.01. The largest absolute Gasteiger partial charge is 0.520 e. The highest BCUT2D eigenvalue weighted by Gasteiger charge is 2.59. The molecule has 6 rings (SSSR count). The predicted molar refractivity (Wildman–Crippen MR) is 235 cm³/mol. The summed E-state index contributed by atoms with van der Waals surface area (Å²) < 4.78 is 19.1. The topological polar surface area (TPSA) is 85.3 Å². The maximum absolute atomic E-state index is 13.6. The first kappa shape index (κ1) is 44.9. The van der Waals surface area contributed by atoms with Crippen molar-refractivity contribution in [1.29, 1.82) is 0 Å². The van der Waals surface area contributed by atoms with E-state index in [9.17, 15) is 14.7 Å². The Kier molecular flexibility index (Phi) is 14.9. The third-order valence-electron chi connectivity index (χ3n) is 15.8. The SMILES string of the molecule is CC(C)CCC[C@@H](C)[C@H]1CC[C@H]2[C@@H]3CC=C4C[C@@H](SC5CC(=O)N(CCOCCO[Si](Oc6ccc(CO)cc6)(C(C)C)C(C)C)C5=O)CC[C@]4(C)[C@H]3CC[C@]12C. The fourth-order valence-electron chi connectivity index (χ4n) is 12.6. The molecule has 9 atom stereocenters. The summed E-state index contributed by atoms with van der Waals surface area (Å²) in [6, 6.07) is 7.54. The first-order valence-corrected chi connectivity index (χ1v) is 25.8. The Hall–Kier alpha value is -1.65. The fourth-order valence-corrected chi connectivity index (χ4v) is 17.5. The zero-order valence-corrected chi connectivity index (χ0v) is 38.8. The van der Waals surface area contributed by atoms with Gasteiger partial charge in [0.05, 0.1) is 38.2 Å². The van der Waals surface area contributed by atoms with Crippen LogP contribution in [0.2, 0.25) is 11.1 Å². The van der Waals surface area contributed by atoms with Crippen LogP contribution >= 0.6 is 11.8 Å². The lowest BCUT2D eigenvalue weighted by Gasteiger charge is -2.58. The van der Waals surface area contributed by atoms with Crippen molar-refractivity contribution < 1.29 is 28.3 Å². The van der Waals surface area contributed by atoms with Gasteiger partial charge >= 0.3 is 8.56 Å². The van der Waals surface area contributed by atoms with Crippen LogP contribution in [-0.4, -0.2) is 67.2 Å². The first-order chi connectivity index (χ1) is 27.1. The summed E-state index contributed by atoms with van der Waals surface area (Å²) in [5.41, 5.74) is 3.70. The van der Waals surface area contributed by atoms with E-state index in [2.05, 4.69) is 68.4 Å². The van der Waals surface area contributed by atoms with Gasteiger partial charge in [0.25, 0.3) is 0 Å². The van der Waals surface area contributed by atoms with Crippen molar-refractivity contribution in [3.63, 3.8) is 0 Å².